The van der Waals surface area contributed by atoms with Gasteiger partial charge in [0.1, 0.15) is 0 Å². The summed E-state index contributed by atoms with van der Waals surface area (Å²) in [5.41, 5.74) is 16.9. The van der Waals surface area contributed by atoms with Crippen molar-refractivity contribution in [1.29, 1.82) is 0 Å². The van der Waals surface area contributed by atoms with E-state index in [4.69, 9.17) is 0 Å². The highest BCUT2D eigenvalue weighted by Gasteiger charge is 2.14. The van der Waals surface area contributed by atoms with Crippen molar-refractivity contribution in [3.63, 3.8) is 0 Å². The van der Waals surface area contributed by atoms with E-state index in [0.29, 0.717) is 0 Å². The predicted octanol–water partition coefficient (Wildman–Crippen LogP) is 12.8. The largest absolute Gasteiger partial charge is 0.316 e. The van der Waals surface area contributed by atoms with Gasteiger partial charge >= 0.3 is 0 Å². The molecule has 0 fully saturated rings. The van der Waals surface area contributed by atoms with Gasteiger partial charge in [0.25, 0.3) is 0 Å². The summed E-state index contributed by atoms with van der Waals surface area (Å²) in [6, 6.07) is 50.1. The molecule has 0 radical (unpaired) electrons. The minimum Gasteiger partial charge on any atom is -0.316 e. The van der Waals surface area contributed by atoms with E-state index >= 15 is 0 Å². The molecule has 1 nitrogen and oxygen atoms in total. The summed E-state index contributed by atoms with van der Waals surface area (Å²) in [5.74, 6) is 0. The molecule has 0 aliphatic rings. The monoisotopic (exact) mass is 621 g/mol. The molecule has 0 saturated heterocycles. The lowest BCUT2D eigenvalue weighted by atomic mass is 9.98. The Morgan fingerprint density at radius 3 is 1.44 bits per heavy atom. The summed E-state index contributed by atoms with van der Waals surface area (Å²) in [4.78, 5) is 2.33. The van der Waals surface area contributed by atoms with Crippen LogP contribution in [-0.4, -0.2) is 0 Å². The quantitative estimate of drug-likeness (QED) is 0.145. The summed E-state index contributed by atoms with van der Waals surface area (Å²) < 4.78 is 0. The number of hydrogen-bond donors (Lipinski definition) is 0. The molecule has 0 heterocycles. The predicted molar refractivity (Wildman–Crippen MR) is 209 cm³/mol. The smallest absolute Gasteiger partial charge is 0.0485 e. The van der Waals surface area contributed by atoms with Crippen molar-refractivity contribution in [2.75, 3.05) is 4.90 Å². The zero-order valence-corrected chi connectivity index (χ0v) is 28.6. The number of benzene rings is 6. The Labute approximate surface area is 286 Å². The van der Waals surface area contributed by atoms with Crippen molar-refractivity contribution >= 4 is 41.3 Å². The second-order valence-electron chi connectivity index (χ2n) is 12.7. The zero-order valence-electron chi connectivity index (χ0n) is 28.6. The van der Waals surface area contributed by atoms with Crippen LogP contribution in [0.1, 0.15) is 61.2 Å². The van der Waals surface area contributed by atoms with E-state index in [-0.39, 0.29) is 0 Å². The first-order valence-electron chi connectivity index (χ1n) is 16.7. The fourth-order valence-electron chi connectivity index (χ4n) is 6.16. The molecule has 0 unspecified atom stereocenters. The fraction of sp³-hybridized carbons (Fsp3) is 0.106. The van der Waals surface area contributed by atoms with E-state index in [1.165, 1.54) is 55.6 Å². The molecule has 0 bridgehead atoms. The van der Waals surface area contributed by atoms with Crippen molar-refractivity contribution < 1.29 is 0 Å². The van der Waals surface area contributed by atoms with Crippen LogP contribution in [0.3, 0.4) is 0 Å². The standard InChI is InChI=1S/C47H43N/c1-34-16-23-41(36(3)30-34)25-18-39-20-27-45(28-21-39)48(33-46(43-12-8-6-9-13-43)44-14-10-7-11-15-44)47-29-22-40(32-38(47)5)19-26-42-24-17-35(2)31-37(42)4/h6-33H,1-5H3. The first-order valence-corrected chi connectivity index (χ1v) is 16.7. The molecular formula is C47H43N. The molecular weight excluding hydrogens is 579 g/mol. The van der Waals surface area contributed by atoms with Crippen LogP contribution >= 0.6 is 0 Å². The van der Waals surface area contributed by atoms with Gasteiger partial charge in [0.2, 0.25) is 0 Å². The van der Waals surface area contributed by atoms with Crippen LogP contribution in [0.2, 0.25) is 0 Å². The van der Waals surface area contributed by atoms with Crippen molar-refractivity contribution in [3.8, 4) is 0 Å². The van der Waals surface area contributed by atoms with Crippen LogP contribution < -0.4 is 4.90 Å². The van der Waals surface area contributed by atoms with Gasteiger partial charge in [0.15, 0.2) is 0 Å². The average Bonchev–Trinajstić information content (AvgIpc) is 3.09. The van der Waals surface area contributed by atoms with E-state index < -0.39 is 0 Å². The van der Waals surface area contributed by atoms with Gasteiger partial charge in [-0.2, -0.15) is 0 Å². The van der Waals surface area contributed by atoms with Gasteiger partial charge < -0.3 is 4.90 Å². The second-order valence-corrected chi connectivity index (χ2v) is 12.7. The van der Waals surface area contributed by atoms with Crippen LogP contribution in [0.25, 0.3) is 29.9 Å². The van der Waals surface area contributed by atoms with Gasteiger partial charge in [-0.15, -0.1) is 0 Å². The first-order chi connectivity index (χ1) is 23.3. The lowest BCUT2D eigenvalue weighted by molar-refractivity contribution is 1.24. The number of hydrogen-bond acceptors (Lipinski definition) is 1. The molecule has 0 spiro atoms. The summed E-state index contributed by atoms with van der Waals surface area (Å²) in [7, 11) is 0. The van der Waals surface area contributed by atoms with Crippen molar-refractivity contribution in [2.45, 2.75) is 34.6 Å². The van der Waals surface area contributed by atoms with E-state index in [2.05, 4.69) is 210 Å². The van der Waals surface area contributed by atoms with Crippen LogP contribution in [-0.2, 0) is 0 Å². The summed E-state index contributed by atoms with van der Waals surface area (Å²) in [6.07, 6.45) is 11.1. The second kappa shape index (κ2) is 14.8. The van der Waals surface area contributed by atoms with E-state index in [0.717, 1.165) is 22.5 Å². The lowest BCUT2D eigenvalue weighted by Crippen LogP contribution is -2.12. The molecule has 0 saturated carbocycles. The molecule has 0 aromatic heterocycles. The Bertz CT molecular complexity index is 2050. The van der Waals surface area contributed by atoms with Crippen LogP contribution in [0, 0.1) is 34.6 Å². The van der Waals surface area contributed by atoms with Gasteiger partial charge in [-0.1, -0.05) is 151 Å². The van der Waals surface area contributed by atoms with Gasteiger partial charge in [0, 0.05) is 23.1 Å². The Hall–Kier alpha value is -5.66. The van der Waals surface area contributed by atoms with Crippen molar-refractivity contribution in [2.24, 2.45) is 0 Å². The highest BCUT2D eigenvalue weighted by atomic mass is 15.1. The summed E-state index contributed by atoms with van der Waals surface area (Å²) in [5, 5.41) is 0. The maximum absolute atomic E-state index is 2.33. The van der Waals surface area contributed by atoms with Crippen LogP contribution in [0.4, 0.5) is 11.4 Å². The van der Waals surface area contributed by atoms with Crippen LogP contribution in [0.5, 0.6) is 0 Å². The number of rotatable bonds is 9. The molecule has 48 heavy (non-hydrogen) atoms. The molecule has 0 N–H and O–H groups in total. The Morgan fingerprint density at radius 1 is 0.438 bits per heavy atom. The van der Waals surface area contributed by atoms with E-state index in [1.807, 2.05) is 0 Å². The molecule has 236 valence electrons. The maximum Gasteiger partial charge on any atom is 0.0485 e. The molecule has 1 heteroatoms. The summed E-state index contributed by atoms with van der Waals surface area (Å²) >= 11 is 0. The van der Waals surface area contributed by atoms with Gasteiger partial charge in [-0.25, -0.2) is 0 Å². The minimum atomic E-state index is 1.10. The maximum atomic E-state index is 2.33. The topological polar surface area (TPSA) is 3.24 Å². The third kappa shape index (κ3) is 7.82. The van der Waals surface area contributed by atoms with Gasteiger partial charge in [0.05, 0.1) is 0 Å². The third-order valence-corrected chi connectivity index (χ3v) is 8.84. The molecule has 0 aliphatic heterocycles. The van der Waals surface area contributed by atoms with Crippen molar-refractivity contribution in [1.82, 2.24) is 0 Å². The average molecular weight is 622 g/mol. The zero-order chi connectivity index (χ0) is 33.5. The Kier molecular flexibility index (Phi) is 9.98. The third-order valence-electron chi connectivity index (χ3n) is 8.84. The van der Waals surface area contributed by atoms with Crippen molar-refractivity contribution in [3.05, 3.63) is 207 Å². The first kappa shape index (κ1) is 32.3. The van der Waals surface area contributed by atoms with Gasteiger partial charge in [-0.05, 0) is 109 Å². The lowest BCUT2D eigenvalue weighted by Gasteiger charge is -2.25. The number of aryl methyl sites for hydroxylation is 5. The van der Waals surface area contributed by atoms with E-state index in [9.17, 15) is 0 Å². The Morgan fingerprint density at radius 2 is 0.938 bits per heavy atom. The number of anilines is 2. The fourth-order valence-corrected chi connectivity index (χ4v) is 6.16. The highest BCUT2D eigenvalue weighted by Crippen LogP contribution is 2.34. The Balaban J connectivity index is 1.40. The minimum absolute atomic E-state index is 1.10. The molecule has 6 aromatic rings. The molecule has 6 rings (SSSR count). The normalized spacial score (nSPS) is 11.3. The molecule has 6 aromatic carbocycles. The molecule has 0 aliphatic carbocycles. The molecule has 0 amide bonds. The molecule has 0 atom stereocenters. The van der Waals surface area contributed by atoms with Gasteiger partial charge in [-0.3, -0.25) is 0 Å². The SMILES string of the molecule is Cc1ccc(C=Cc2ccc(N(C=C(c3ccccc3)c3ccccc3)c3ccc(C=Cc4ccc(C)cc4C)cc3C)cc2)c(C)c1. The summed E-state index contributed by atoms with van der Waals surface area (Å²) in [6.45, 7) is 10.8. The number of nitrogens with zero attached hydrogens (tertiary/aromatic N) is 1. The van der Waals surface area contributed by atoms with Crippen LogP contribution in [0.15, 0.2) is 146 Å². The van der Waals surface area contributed by atoms with E-state index in [1.54, 1.807) is 0 Å². The highest BCUT2D eigenvalue weighted by molar-refractivity contribution is 5.85.